The SMILES string of the molecule is CNC(=O)c1cccc(NC(=O)NCCCC(C)C)c1. The molecule has 0 fully saturated rings. The van der Waals surface area contributed by atoms with Gasteiger partial charge in [-0.1, -0.05) is 19.9 Å². The van der Waals surface area contributed by atoms with Crippen molar-refractivity contribution in [2.75, 3.05) is 18.9 Å². The van der Waals surface area contributed by atoms with Gasteiger partial charge in [-0.25, -0.2) is 4.79 Å². The van der Waals surface area contributed by atoms with E-state index < -0.39 is 0 Å². The molecule has 1 aromatic rings. The quantitative estimate of drug-likeness (QED) is 0.699. The number of carbonyl (C=O) groups is 2. The van der Waals surface area contributed by atoms with Crippen molar-refractivity contribution in [2.45, 2.75) is 26.7 Å². The maximum absolute atomic E-state index is 11.7. The molecule has 1 aromatic carbocycles. The normalized spacial score (nSPS) is 10.2. The fourth-order valence-electron chi connectivity index (χ4n) is 1.77. The lowest BCUT2D eigenvalue weighted by Gasteiger charge is -2.09. The minimum absolute atomic E-state index is 0.175. The van der Waals surface area contributed by atoms with E-state index in [1.807, 2.05) is 0 Å². The van der Waals surface area contributed by atoms with Crippen LogP contribution in [0.4, 0.5) is 10.5 Å². The summed E-state index contributed by atoms with van der Waals surface area (Å²) in [5.74, 6) is 0.468. The Morgan fingerprint density at radius 1 is 1.25 bits per heavy atom. The highest BCUT2D eigenvalue weighted by molar-refractivity contribution is 5.96. The summed E-state index contributed by atoms with van der Waals surface area (Å²) in [5.41, 5.74) is 1.12. The predicted molar refractivity (Wildman–Crippen MR) is 80.9 cm³/mol. The van der Waals surface area contributed by atoms with Crippen LogP contribution in [0, 0.1) is 5.92 Å². The van der Waals surface area contributed by atoms with Crippen LogP contribution in [0.25, 0.3) is 0 Å². The highest BCUT2D eigenvalue weighted by Crippen LogP contribution is 2.10. The first-order chi connectivity index (χ1) is 9.52. The maximum Gasteiger partial charge on any atom is 0.319 e. The number of hydrogen-bond donors (Lipinski definition) is 3. The zero-order valence-corrected chi connectivity index (χ0v) is 12.3. The van der Waals surface area contributed by atoms with Crippen LogP contribution in [0.3, 0.4) is 0 Å². The lowest BCUT2D eigenvalue weighted by atomic mass is 10.1. The number of anilines is 1. The fraction of sp³-hybridized carbons (Fsp3) is 0.467. The molecule has 0 unspecified atom stereocenters. The first-order valence-corrected chi connectivity index (χ1v) is 6.90. The Hall–Kier alpha value is -2.04. The van der Waals surface area contributed by atoms with Gasteiger partial charge in [0.1, 0.15) is 0 Å². The summed E-state index contributed by atoms with van der Waals surface area (Å²) in [7, 11) is 1.57. The smallest absolute Gasteiger partial charge is 0.319 e. The second-order valence-electron chi connectivity index (χ2n) is 5.08. The van der Waals surface area contributed by atoms with E-state index in [2.05, 4.69) is 29.8 Å². The minimum Gasteiger partial charge on any atom is -0.355 e. The Kier molecular flexibility index (Phi) is 6.56. The van der Waals surface area contributed by atoms with Crippen molar-refractivity contribution in [3.63, 3.8) is 0 Å². The van der Waals surface area contributed by atoms with E-state index in [9.17, 15) is 9.59 Å². The number of urea groups is 1. The van der Waals surface area contributed by atoms with Crippen LogP contribution >= 0.6 is 0 Å². The van der Waals surface area contributed by atoms with Gasteiger partial charge in [-0.2, -0.15) is 0 Å². The van der Waals surface area contributed by atoms with E-state index in [1.165, 1.54) is 0 Å². The third kappa shape index (κ3) is 5.73. The number of hydrogen-bond acceptors (Lipinski definition) is 2. The topological polar surface area (TPSA) is 70.2 Å². The lowest BCUT2D eigenvalue weighted by molar-refractivity contribution is 0.0963. The minimum atomic E-state index is -0.247. The Bertz CT molecular complexity index is 458. The first-order valence-electron chi connectivity index (χ1n) is 6.90. The molecule has 0 saturated heterocycles. The first kappa shape index (κ1) is 16.0. The van der Waals surface area contributed by atoms with Crippen molar-refractivity contribution in [1.29, 1.82) is 0 Å². The number of rotatable bonds is 6. The van der Waals surface area contributed by atoms with Gasteiger partial charge in [0.15, 0.2) is 0 Å². The van der Waals surface area contributed by atoms with E-state index in [4.69, 9.17) is 0 Å². The monoisotopic (exact) mass is 277 g/mol. The van der Waals surface area contributed by atoms with Crippen LogP contribution in [0.15, 0.2) is 24.3 Å². The van der Waals surface area contributed by atoms with E-state index in [0.29, 0.717) is 23.7 Å². The summed E-state index contributed by atoms with van der Waals surface area (Å²) in [6.45, 7) is 4.97. The van der Waals surface area contributed by atoms with E-state index in [-0.39, 0.29) is 11.9 Å². The van der Waals surface area contributed by atoms with Gasteiger partial charge in [0, 0.05) is 24.8 Å². The molecule has 110 valence electrons. The van der Waals surface area contributed by atoms with Crippen molar-refractivity contribution in [3.05, 3.63) is 29.8 Å². The van der Waals surface area contributed by atoms with Gasteiger partial charge >= 0.3 is 6.03 Å². The Morgan fingerprint density at radius 3 is 2.65 bits per heavy atom. The summed E-state index contributed by atoms with van der Waals surface area (Å²) in [6, 6.07) is 6.58. The second-order valence-corrected chi connectivity index (χ2v) is 5.08. The third-order valence-electron chi connectivity index (χ3n) is 2.85. The largest absolute Gasteiger partial charge is 0.355 e. The Balaban J connectivity index is 2.43. The van der Waals surface area contributed by atoms with Crippen LogP contribution in [0.5, 0.6) is 0 Å². The summed E-state index contributed by atoms with van der Waals surface area (Å²) in [5, 5.41) is 8.06. The second kappa shape index (κ2) is 8.19. The van der Waals surface area contributed by atoms with Gasteiger partial charge in [0.25, 0.3) is 5.91 Å². The van der Waals surface area contributed by atoms with Crippen molar-refractivity contribution in [3.8, 4) is 0 Å². The van der Waals surface area contributed by atoms with Gasteiger partial charge in [-0.05, 0) is 37.0 Å². The summed E-state index contributed by atoms with van der Waals surface area (Å²) < 4.78 is 0. The molecule has 20 heavy (non-hydrogen) atoms. The highest BCUT2D eigenvalue weighted by Gasteiger charge is 2.06. The summed E-state index contributed by atoms with van der Waals surface area (Å²) >= 11 is 0. The molecule has 0 atom stereocenters. The number of benzene rings is 1. The van der Waals surface area contributed by atoms with Crippen LogP contribution in [-0.4, -0.2) is 25.5 Å². The molecule has 0 bridgehead atoms. The van der Waals surface area contributed by atoms with Gasteiger partial charge < -0.3 is 16.0 Å². The van der Waals surface area contributed by atoms with E-state index in [0.717, 1.165) is 12.8 Å². The van der Waals surface area contributed by atoms with Crippen molar-refractivity contribution < 1.29 is 9.59 Å². The molecule has 0 radical (unpaired) electrons. The lowest BCUT2D eigenvalue weighted by Crippen LogP contribution is -2.29. The number of nitrogens with one attached hydrogen (secondary N) is 3. The molecule has 5 heteroatoms. The van der Waals surface area contributed by atoms with Gasteiger partial charge in [-0.15, -0.1) is 0 Å². The standard InChI is InChI=1S/C15H23N3O2/c1-11(2)6-5-9-17-15(20)18-13-8-4-7-12(10-13)14(19)16-3/h4,7-8,10-11H,5-6,9H2,1-3H3,(H,16,19)(H2,17,18,20). The van der Waals surface area contributed by atoms with Gasteiger partial charge in [0.05, 0.1) is 0 Å². The zero-order valence-electron chi connectivity index (χ0n) is 12.3. The molecule has 3 amide bonds. The van der Waals surface area contributed by atoms with Crippen molar-refractivity contribution >= 4 is 17.6 Å². The third-order valence-corrected chi connectivity index (χ3v) is 2.85. The molecule has 5 nitrogen and oxygen atoms in total. The van der Waals surface area contributed by atoms with Crippen LogP contribution < -0.4 is 16.0 Å². The van der Waals surface area contributed by atoms with Crippen LogP contribution in [-0.2, 0) is 0 Å². The highest BCUT2D eigenvalue weighted by atomic mass is 16.2. The van der Waals surface area contributed by atoms with Crippen LogP contribution in [0.2, 0.25) is 0 Å². The average molecular weight is 277 g/mol. The van der Waals surface area contributed by atoms with Crippen molar-refractivity contribution in [1.82, 2.24) is 10.6 Å². The van der Waals surface area contributed by atoms with E-state index in [1.54, 1.807) is 31.3 Å². The molecule has 1 rings (SSSR count). The predicted octanol–water partition coefficient (Wildman–Crippen LogP) is 2.60. The molecule has 0 spiro atoms. The Labute approximate surface area is 120 Å². The average Bonchev–Trinajstić information content (AvgIpc) is 2.43. The molecular weight excluding hydrogens is 254 g/mol. The maximum atomic E-state index is 11.7. The molecule has 3 N–H and O–H groups in total. The molecule has 0 aliphatic carbocycles. The molecule has 0 aliphatic rings. The molecule has 0 aromatic heterocycles. The molecule has 0 aliphatic heterocycles. The van der Waals surface area contributed by atoms with Crippen LogP contribution in [0.1, 0.15) is 37.0 Å². The molecule has 0 saturated carbocycles. The summed E-state index contributed by atoms with van der Waals surface area (Å²) in [4.78, 5) is 23.2. The van der Waals surface area contributed by atoms with E-state index >= 15 is 0 Å². The van der Waals surface area contributed by atoms with Gasteiger partial charge in [-0.3, -0.25) is 4.79 Å². The fourth-order valence-corrected chi connectivity index (χ4v) is 1.77. The molecular formula is C15H23N3O2. The number of amides is 3. The molecule has 0 heterocycles. The van der Waals surface area contributed by atoms with Crippen molar-refractivity contribution in [2.24, 2.45) is 5.92 Å². The number of carbonyl (C=O) groups excluding carboxylic acids is 2. The van der Waals surface area contributed by atoms with Gasteiger partial charge in [0.2, 0.25) is 0 Å². The zero-order chi connectivity index (χ0) is 15.0. The summed E-state index contributed by atoms with van der Waals surface area (Å²) in [6.07, 6.45) is 2.05. The Morgan fingerprint density at radius 2 is 2.00 bits per heavy atom.